The average molecular weight is 390 g/mol. The van der Waals surface area contributed by atoms with Gasteiger partial charge in [0.1, 0.15) is 23.3 Å². The third kappa shape index (κ3) is 4.96. The van der Waals surface area contributed by atoms with E-state index in [1.54, 1.807) is 24.3 Å². The number of fused-ring (bicyclic) bond motifs is 1. The average Bonchev–Trinajstić information content (AvgIpc) is 2.67. The third-order valence-electron chi connectivity index (χ3n) is 4.88. The highest BCUT2D eigenvalue weighted by atomic mass is 16.3. The monoisotopic (exact) mass is 390 g/mol. The normalized spacial score (nSPS) is 12.4. The number of phenols is 2. The summed E-state index contributed by atoms with van der Waals surface area (Å²) in [6, 6.07) is 9.50. The Morgan fingerprint density at radius 2 is 1.93 bits per heavy atom. The summed E-state index contributed by atoms with van der Waals surface area (Å²) in [5.74, 6) is 0.577. The summed E-state index contributed by atoms with van der Waals surface area (Å²) in [7, 11) is 0. The Morgan fingerprint density at radius 3 is 2.69 bits per heavy atom. The lowest BCUT2D eigenvalue weighted by atomic mass is 9.99. The first-order valence-corrected chi connectivity index (χ1v) is 9.74. The van der Waals surface area contributed by atoms with Crippen LogP contribution in [0.4, 0.5) is 0 Å². The van der Waals surface area contributed by atoms with Gasteiger partial charge in [0.15, 0.2) is 5.43 Å². The third-order valence-corrected chi connectivity index (χ3v) is 4.88. The van der Waals surface area contributed by atoms with Crippen molar-refractivity contribution in [2.45, 2.75) is 33.6 Å². The van der Waals surface area contributed by atoms with Crippen molar-refractivity contribution in [3.8, 4) is 22.6 Å². The van der Waals surface area contributed by atoms with Gasteiger partial charge in [0.2, 0.25) is 0 Å². The molecule has 0 amide bonds. The molecular weight excluding hydrogens is 364 g/mol. The van der Waals surface area contributed by atoms with Gasteiger partial charge in [-0.2, -0.15) is 0 Å². The van der Waals surface area contributed by atoms with Gasteiger partial charge >= 0.3 is 0 Å². The van der Waals surface area contributed by atoms with Gasteiger partial charge in [-0.1, -0.05) is 36.8 Å². The van der Waals surface area contributed by atoms with Crippen LogP contribution in [0, 0.1) is 5.92 Å². The number of hydrogen-bond acceptors (Lipinski definition) is 4. The molecule has 1 aromatic heterocycles. The Bertz CT molecular complexity index is 1130. The topological polar surface area (TPSA) is 70.7 Å². The summed E-state index contributed by atoms with van der Waals surface area (Å²) in [5.41, 5.74) is 3.21. The Balaban J connectivity index is 1.89. The number of allylic oxidation sites excluding steroid dienone is 3. The van der Waals surface area contributed by atoms with Crippen molar-refractivity contribution in [3.63, 3.8) is 0 Å². The summed E-state index contributed by atoms with van der Waals surface area (Å²) in [5, 5.41) is 20.2. The Morgan fingerprint density at radius 1 is 1.14 bits per heavy atom. The zero-order valence-electron chi connectivity index (χ0n) is 17.0. The number of phenolic OH excluding ortho intramolecular Hbond substituents is 2. The van der Waals surface area contributed by atoms with Crippen molar-refractivity contribution in [2.75, 3.05) is 0 Å². The van der Waals surface area contributed by atoms with Crippen LogP contribution in [0.1, 0.15) is 39.2 Å². The van der Waals surface area contributed by atoms with E-state index in [0.29, 0.717) is 33.6 Å². The molecule has 0 bridgehead atoms. The maximum Gasteiger partial charge on any atom is 0.200 e. The van der Waals surface area contributed by atoms with Crippen LogP contribution in [0.3, 0.4) is 0 Å². The lowest BCUT2D eigenvalue weighted by Gasteiger charge is -2.07. The molecule has 150 valence electrons. The minimum absolute atomic E-state index is 0.0455. The van der Waals surface area contributed by atoms with Crippen LogP contribution in [0.25, 0.3) is 28.2 Å². The van der Waals surface area contributed by atoms with E-state index in [0.717, 1.165) is 12.8 Å². The largest absolute Gasteiger partial charge is 0.508 e. The molecule has 0 radical (unpaired) electrons. The van der Waals surface area contributed by atoms with Crippen LogP contribution in [0.2, 0.25) is 0 Å². The SMILES string of the molecule is CC(C)=CCC[C@@H](C)/C=C\c1cc(-c2coc3cc(O)ccc3c2=O)ccc1O. The molecule has 0 aliphatic rings. The van der Waals surface area contributed by atoms with Crippen LogP contribution in [0.5, 0.6) is 11.5 Å². The zero-order valence-corrected chi connectivity index (χ0v) is 17.0. The summed E-state index contributed by atoms with van der Waals surface area (Å²) < 4.78 is 5.54. The van der Waals surface area contributed by atoms with Crippen molar-refractivity contribution >= 4 is 17.0 Å². The second kappa shape index (κ2) is 8.82. The quantitative estimate of drug-likeness (QED) is 0.487. The van der Waals surface area contributed by atoms with E-state index in [9.17, 15) is 15.0 Å². The van der Waals surface area contributed by atoms with Crippen molar-refractivity contribution in [2.24, 2.45) is 5.92 Å². The predicted molar refractivity (Wildman–Crippen MR) is 118 cm³/mol. The molecular formula is C25H26O4. The first-order valence-electron chi connectivity index (χ1n) is 9.74. The van der Waals surface area contributed by atoms with Crippen molar-refractivity contribution in [3.05, 3.63) is 76.2 Å². The molecule has 1 atom stereocenters. The number of benzene rings is 2. The molecule has 3 aromatic rings. The molecule has 0 fully saturated rings. The van der Waals surface area contributed by atoms with Gasteiger partial charge in [-0.25, -0.2) is 0 Å². The van der Waals surface area contributed by atoms with Crippen molar-refractivity contribution in [1.82, 2.24) is 0 Å². The molecule has 0 aliphatic heterocycles. The molecule has 0 saturated heterocycles. The lowest BCUT2D eigenvalue weighted by Crippen LogP contribution is -2.04. The maximum atomic E-state index is 12.8. The van der Waals surface area contributed by atoms with Gasteiger partial charge in [0.25, 0.3) is 0 Å². The van der Waals surface area contributed by atoms with E-state index in [2.05, 4.69) is 32.9 Å². The zero-order chi connectivity index (χ0) is 21.0. The molecule has 1 heterocycles. The van der Waals surface area contributed by atoms with Crippen LogP contribution >= 0.6 is 0 Å². The lowest BCUT2D eigenvalue weighted by molar-refractivity contribution is 0.473. The van der Waals surface area contributed by atoms with E-state index in [-0.39, 0.29) is 16.9 Å². The fraction of sp³-hybridized carbons (Fsp3) is 0.240. The molecule has 29 heavy (non-hydrogen) atoms. The molecule has 2 aromatic carbocycles. The van der Waals surface area contributed by atoms with Crippen LogP contribution in [-0.2, 0) is 0 Å². The summed E-state index contributed by atoms with van der Waals surface area (Å²) in [4.78, 5) is 12.8. The summed E-state index contributed by atoms with van der Waals surface area (Å²) >= 11 is 0. The highest BCUT2D eigenvalue weighted by Gasteiger charge is 2.11. The molecule has 0 saturated carbocycles. The smallest absolute Gasteiger partial charge is 0.200 e. The molecule has 0 spiro atoms. The Hall–Kier alpha value is -3.27. The number of hydrogen-bond donors (Lipinski definition) is 2. The standard InChI is InChI=1S/C25H26O4/c1-16(2)5-4-6-17(3)7-8-19-13-18(9-12-23(19)27)22-15-29-24-14-20(26)10-11-21(24)25(22)28/h5,7-15,17,26-27H,4,6H2,1-3H3/b8-7-/t17-/m1/s1. The van der Waals surface area contributed by atoms with E-state index in [4.69, 9.17) is 4.42 Å². The molecule has 0 unspecified atom stereocenters. The molecule has 3 rings (SSSR count). The fourth-order valence-electron chi connectivity index (χ4n) is 3.17. The molecule has 4 nitrogen and oxygen atoms in total. The first-order chi connectivity index (χ1) is 13.8. The van der Waals surface area contributed by atoms with Gasteiger partial charge in [-0.05, 0) is 62.4 Å². The highest BCUT2D eigenvalue weighted by molar-refractivity contribution is 5.83. The van der Waals surface area contributed by atoms with Crippen molar-refractivity contribution in [1.29, 1.82) is 0 Å². The fourth-order valence-corrected chi connectivity index (χ4v) is 3.17. The maximum absolute atomic E-state index is 12.8. The van der Waals surface area contributed by atoms with Crippen LogP contribution < -0.4 is 5.43 Å². The predicted octanol–water partition coefficient (Wildman–Crippen LogP) is 6.27. The van der Waals surface area contributed by atoms with E-state index in [1.165, 1.54) is 24.0 Å². The minimum Gasteiger partial charge on any atom is -0.508 e. The Labute approximate surface area is 170 Å². The molecule has 2 N–H and O–H groups in total. The summed E-state index contributed by atoms with van der Waals surface area (Å²) in [6.07, 6.45) is 9.64. The Kier molecular flexibility index (Phi) is 6.23. The number of aromatic hydroxyl groups is 2. The van der Waals surface area contributed by atoms with Crippen LogP contribution in [0.15, 0.2) is 69.6 Å². The highest BCUT2D eigenvalue weighted by Crippen LogP contribution is 2.28. The molecule has 0 aliphatic carbocycles. The minimum atomic E-state index is -0.179. The first kappa shape index (κ1) is 20.5. The molecule has 4 heteroatoms. The second-order valence-corrected chi connectivity index (χ2v) is 7.63. The van der Waals surface area contributed by atoms with Gasteiger partial charge in [-0.15, -0.1) is 0 Å². The second-order valence-electron chi connectivity index (χ2n) is 7.63. The number of rotatable bonds is 6. The van der Waals surface area contributed by atoms with Gasteiger partial charge in [0.05, 0.1) is 10.9 Å². The van der Waals surface area contributed by atoms with Gasteiger partial charge < -0.3 is 14.6 Å². The van der Waals surface area contributed by atoms with Gasteiger partial charge in [0, 0.05) is 11.6 Å². The van der Waals surface area contributed by atoms with Crippen molar-refractivity contribution < 1.29 is 14.6 Å². The summed E-state index contributed by atoms with van der Waals surface area (Å²) in [6.45, 7) is 6.33. The van der Waals surface area contributed by atoms with Crippen LogP contribution in [-0.4, -0.2) is 10.2 Å². The van der Waals surface area contributed by atoms with E-state index >= 15 is 0 Å². The van der Waals surface area contributed by atoms with E-state index in [1.807, 2.05) is 6.08 Å². The van der Waals surface area contributed by atoms with E-state index < -0.39 is 0 Å². The van der Waals surface area contributed by atoms with Gasteiger partial charge in [-0.3, -0.25) is 4.79 Å².